The van der Waals surface area contributed by atoms with Crippen molar-refractivity contribution in [3.8, 4) is 0 Å². The van der Waals surface area contributed by atoms with E-state index in [-0.39, 0.29) is 0 Å². The van der Waals surface area contributed by atoms with Gasteiger partial charge in [-0.25, -0.2) is 0 Å². The molecule has 2 heteroatoms. The second kappa shape index (κ2) is 7.75. The van der Waals surface area contributed by atoms with Gasteiger partial charge in [0.15, 0.2) is 0 Å². The third-order valence-corrected chi connectivity index (χ3v) is 3.25. The third-order valence-electron chi connectivity index (χ3n) is 3.25. The molecule has 88 valence electrons. The molecule has 0 aromatic carbocycles. The summed E-state index contributed by atoms with van der Waals surface area (Å²) >= 11 is 0. The van der Waals surface area contributed by atoms with Crippen molar-refractivity contribution in [2.24, 2.45) is 5.92 Å². The summed E-state index contributed by atoms with van der Waals surface area (Å²) in [6.07, 6.45) is 9.50. The Morgan fingerprint density at radius 3 is 3.00 bits per heavy atom. The molecule has 0 aliphatic heterocycles. The Balaban J connectivity index is 2.02. The first-order chi connectivity index (χ1) is 7.33. The summed E-state index contributed by atoms with van der Waals surface area (Å²) in [4.78, 5) is 0. The van der Waals surface area contributed by atoms with Crippen LogP contribution in [0.3, 0.4) is 0 Å². The maximum absolute atomic E-state index is 5.09. The van der Waals surface area contributed by atoms with E-state index < -0.39 is 0 Å². The Bertz CT molecular complexity index is 170. The van der Waals surface area contributed by atoms with Gasteiger partial charge >= 0.3 is 0 Å². The molecule has 0 heterocycles. The van der Waals surface area contributed by atoms with Crippen molar-refractivity contribution in [1.82, 2.24) is 5.32 Å². The first-order valence-electron chi connectivity index (χ1n) is 6.29. The number of rotatable bonds is 6. The van der Waals surface area contributed by atoms with Gasteiger partial charge in [-0.3, -0.25) is 0 Å². The van der Waals surface area contributed by atoms with E-state index in [9.17, 15) is 0 Å². The molecule has 0 aromatic rings. The van der Waals surface area contributed by atoms with Crippen LogP contribution in [-0.2, 0) is 4.74 Å². The predicted molar refractivity (Wildman–Crippen MR) is 64.8 cm³/mol. The molecule has 0 radical (unpaired) electrons. The van der Waals surface area contributed by atoms with E-state index in [4.69, 9.17) is 4.74 Å². The smallest absolute Gasteiger partial charge is 0.0885 e. The molecule has 1 rings (SSSR count). The molecule has 2 nitrogen and oxygen atoms in total. The summed E-state index contributed by atoms with van der Waals surface area (Å²) in [5.74, 6) is 0.931. The van der Waals surface area contributed by atoms with E-state index in [1.165, 1.54) is 38.4 Å². The number of hydrogen-bond acceptors (Lipinski definition) is 2. The van der Waals surface area contributed by atoms with Crippen molar-refractivity contribution >= 4 is 0 Å². The summed E-state index contributed by atoms with van der Waals surface area (Å²) in [5.41, 5.74) is 0. The van der Waals surface area contributed by atoms with Crippen LogP contribution < -0.4 is 5.32 Å². The predicted octanol–water partition coefficient (Wildman–Crippen LogP) is 3.10. The molecule has 2 atom stereocenters. The van der Waals surface area contributed by atoms with Crippen LogP contribution in [0.15, 0.2) is 12.8 Å². The minimum atomic E-state index is 0.749. The van der Waals surface area contributed by atoms with Crippen molar-refractivity contribution in [2.75, 3.05) is 13.2 Å². The zero-order chi connectivity index (χ0) is 10.9. The zero-order valence-corrected chi connectivity index (χ0v) is 10.0. The van der Waals surface area contributed by atoms with Crippen LogP contribution in [0.5, 0.6) is 0 Å². The van der Waals surface area contributed by atoms with Gasteiger partial charge in [0, 0.05) is 6.04 Å². The lowest BCUT2D eigenvalue weighted by molar-refractivity contribution is 0.242. The third kappa shape index (κ3) is 5.83. The van der Waals surface area contributed by atoms with Gasteiger partial charge in [0.25, 0.3) is 0 Å². The molecule has 1 aliphatic carbocycles. The highest BCUT2D eigenvalue weighted by Crippen LogP contribution is 2.22. The van der Waals surface area contributed by atoms with E-state index in [0.29, 0.717) is 0 Å². The quantitative estimate of drug-likeness (QED) is 0.414. The first-order valence-corrected chi connectivity index (χ1v) is 6.29. The van der Waals surface area contributed by atoms with E-state index in [2.05, 4.69) is 18.8 Å². The summed E-state index contributed by atoms with van der Waals surface area (Å²) in [6.45, 7) is 7.77. The molecule has 1 aliphatic rings. The summed E-state index contributed by atoms with van der Waals surface area (Å²) in [5, 5.41) is 3.63. The summed E-state index contributed by atoms with van der Waals surface area (Å²) in [6, 6.07) is 0.749. The molecule has 1 N–H and O–H groups in total. The van der Waals surface area contributed by atoms with Crippen molar-refractivity contribution in [1.29, 1.82) is 0 Å². The number of ether oxygens (including phenoxy) is 1. The molecule has 0 bridgehead atoms. The maximum atomic E-state index is 5.09. The van der Waals surface area contributed by atoms with E-state index in [0.717, 1.165) is 31.5 Å². The van der Waals surface area contributed by atoms with Gasteiger partial charge in [0.05, 0.1) is 12.9 Å². The molecular weight excluding hydrogens is 186 g/mol. The van der Waals surface area contributed by atoms with Crippen LogP contribution >= 0.6 is 0 Å². The number of hydrogen-bond donors (Lipinski definition) is 1. The van der Waals surface area contributed by atoms with Crippen molar-refractivity contribution in [3.63, 3.8) is 0 Å². The topological polar surface area (TPSA) is 21.3 Å². The maximum Gasteiger partial charge on any atom is 0.0885 e. The second-order valence-corrected chi connectivity index (χ2v) is 4.66. The van der Waals surface area contributed by atoms with Gasteiger partial charge in [-0.2, -0.15) is 0 Å². The van der Waals surface area contributed by atoms with Crippen LogP contribution in [0.25, 0.3) is 0 Å². The van der Waals surface area contributed by atoms with E-state index in [1.54, 1.807) is 0 Å². The molecule has 2 unspecified atom stereocenters. The minimum absolute atomic E-state index is 0.749. The molecule has 0 amide bonds. The average molecular weight is 211 g/mol. The Hall–Kier alpha value is -0.500. The highest BCUT2D eigenvalue weighted by Gasteiger charge is 2.14. The molecule has 15 heavy (non-hydrogen) atoms. The second-order valence-electron chi connectivity index (χ2n) is 4.66. The fraction of sp³-hybridized carbons (Fsp3) is 0.846. The van der Waals surface area contributed by atoms with E-state index in [1.807, 2.05) is 0 Å². The lowest BCUT2D eigenvalue weighted by atomic mass is 10.0. The number of nitrogens with one attached hydrogen (secondary N) is 1. The van der Waals surface area contributed by atoms with Crippen LogP contribution in [0.1, 0.15) is 45.4 Å². The van der Waals surface area contributed by atoms with Gasteiger partial charge in [-0.1, -0.05) is 26.3 Å². The molecule has 0 saturated heterocycles. The Labute approximate surface area is 94.1 Å². The Morgan fingerprint density at radius 2 is 2.20 bits per heavy atom. The van der Waals surface area contributed by atoms with Gasteiger partial charge in [0.1, 0.15) is 0 Å². The largest absolute Gasteiger partial charge is 0.502 e. The monoisotopic (exact) mass is 211 g/mol. The fourth-order valence-corrected chi connectivity index (χ4v) is 2.24. The van der Waals surface area contributed by atoms with Crippen LogP contribution in [0, 0.1) is 5.92 Å². The molecule has 1 fully saturated rings. The molecule has 0 aromatic heterocycles. The minimum Gasteiger partial charge on any atom is -0.502 e. The zero-order valence-electron chi connectivity index (χ0n) is 10.0. The lowest BCUT2D eigenvalue weighted by Crippen LogP contribution is -2.29. The Morgan fingerprint density at radius 1 is 1.33 bits per heavy atom. The summed E-state index contributed by atoms with van der Waals surface area (Å²) < 4.78 is 5.09. The van der Waals surface area contributed by atoms with Gasteiger partial charge < -0.3 is 10.1 Å². The van der Waals surface area contributed by atoms with Crippen LogP contribution in [0.4, 0.5) is 0 Å². The highest BCUT2D eigenvalue weighted by atomic mass is 16.5. The van der Waals surface area contributed by atoms with Gasteiger partial charge in [-0.15, -0.1) is 0 Å². The first kappa shape index (κ1) is 12.6. The highest BCUT2D eigenvalue weighted by molar-refractivity contribution is 4.73. The fourth-order valence-electron chi connectivity index (χ4n) is 2.24. The van der Waals surface area contributed by atoms with Crippen molar-refractivity contribution in [3.05, 3.63) is 12.8 Å². The van der Waals surface area contributed by atoms with Crippen LogP contribution in [-0.4, -0.2) is 19.2 Å². The molecule has 1 saturated carbocycles. The van der Waals surface area contributed by atoms with Gasteiger partial charge in [0.2, 0.25) is 0 Å². The van der Waals surface area contributed by atoms with Gasteiger partial charge in [-0.05, 0) is 38.1 Å². The standard InChI is InChI=1S/C13H25NO/c1-3-15-11-5-10-14-13-7-4-6-12(2)8-9-13/h3,12-14H,1,4-11H2,2H3. The van der Waals surface area contributed by atoms with Crippen LogP contribution in [0.2, 0.25) is 0 Å². The summed E-state index contributed by atoms with van der Waals surface area (Å²) in [7, 11) is 0. The van der Waals surface area contributed by atoms with Crippen molar-refractivity contribution < 1.29 is 4.74 Å². The lowest BCUT2D eigenvalue weighted by Gasteiger charge is -2.16. The molecule has 0 spiro atoms. The normalized spacial score (nSPS) is 27.0. The van der Waals surface area contributed by atoms with Crippen molar-refractivity contribution in [2.45, 2.75) is 51.5 Å². The molecular formula is C13H25NO. The SMILES string of the molecule is C=COCCCNC1CCCC(C)CC1. The Kier molecular flexibility index (Phi) is 6.49. The van der Waals surface area contributed by atoms with E-state index >= 15 is 0 Å². The average Bonchev–Trinajstić information content (AvgIpc) is 2.43.